The number of pyridine rings is 1. The zero-order chi connectivity index (χ0) is 9.68. The summed E-state index contributed by atoms with van der Waals surface area (Å²) in [6, 6.07) is 4.12. The minimum atomic E-state index is 0.111. The molecule has 0 fully saturated rings. The minimum absolute atomic E-state index is 0.111. The number of allylic oxidation sites excluding steroid dienone is 1. The number of aromatic nitrogens is 1. The van der Waals surface area contributed by atoms with E-state index in [-0.39, 0.29) is 6.04 Å². The first-order chi connectivity index (χ1) is 6.24. The summed E-state index contributed by atoms with van der Waals surface area (Å²) in [5, 5.41) is 0. The third-order valence-electron chi connectivity index (χ3n) is 2.03. The van der Waals surface area contributed by atoms with E-state index in [0.29, 0.717) is 0 Å². The second-order valence-corrected chi connectivity index (χ2v) is 3.20. The van der Waals surface area contributed by atoms with Crippen LogP contribution < -0.4 is 5.73 Å². The van der Waals surface area contributed by atoms with Crippen molar-refractivity contribution in [2.75, 3.05) is 0 Å². The first-order valence-electron chi connectivity index (χ1n) is 4.53. The number of nitrogens with zero attached hydrogens (tertiary/aromatic N) is 1. The van der Waals surface area contributed by atoms with Crippen molar-refractivity contribution in [1.82, 2.24) is 4.98 Å². The molecule has 0 amide bonds. The monoisotopic (exact) mass is 176 g/mol. The zero-order valence-electron chi connectivity index (χ0n) is 8.03. The number of rotatable bonds is 4. The van der Waals surface area contributed by atoms with Gasteiger partial charge in [-0.3, -0.25) is 4.98 Å². The average Bonchev–Trinajstić information content (AvgIpc) is 2.14. The fourth-order valence-corrected chi connectivity index (χ4v) is 1.26. The topological polar surface area (TPSA) is 38.9 Å². The Bertz CT molecular complexity index is 281. The molecule has 0 spiro atoms. The van der Waals surface area contributed by atoms with Crippen molar-refractivity contribution >= 4 is 0 Å². The molecule has 0 aromatic carbocycles. The van der Waals surface area contributed by atoms with Gasteiger partial charge in [-0.05, 0) is 37.5 Å². The van der Waals surface area contributed by atoms with Gasteiger partial charge in [-0.1, -0.05) is 6.08 Å². The molecule has 0 radical (unpaired) electrons. The predicted molar refractivity (Wildman–Crippen MR) is 55.3 cm³/mol. The van der Waals surface area contributed by atoms with Crippen LogP contribution in [0.4, 0.5) is 0 Å². The molecule has 1 rings (SSSR count). The van der Waals surface area contributed by atoms with Gasteiger partial charge in [0.05, 0.1) is 0 Å². The van der Waals surface area contributed by atoms with E-state index in [0.717, 1.165) is 24.1 Å². The molecule has 1 unspecified atom stereocenters. The van der Waals surface area contributed by atoms with Crippen molar-refractivity contribution in [1.29, 1.82) is 0 Å². The van der Waals surface area contributed by atoms with E-state index >= 15 is 0 Å². The maximum atomic E-state index is 5.97. The fourth-order valence-electron chi connectivity index (χ4n) is 1.26. The second kappa shape index (κ2) is 4.77. The lowest BCUT2D eigenvalue weighted by Crippen LogP contribution is -2.10. The lowest BCUT2D eigenvalue weighted by atomic mass is 10.0. The lowest BCUT2D eigenvalue weighted by molar-refractivity contribution is 0.659. The summed E-state index contributed by atoms with van der Waals surface area (Å²) in [6.45, 7) is 5.65. The van der Waals surface area contributed by atoms with E-state index in [1.165, 1.54) is 0 Å². The molecule has 1 heterocycles. The number of aryl methyl sites for hydroxylation is 1. The maximum absolute atomic E-state index is 5.97. The standard InChI is InChI=1S/C11H16N2/c1-3-4-5-11(12)10-6-7-13-9(2)8-10/h3,6-8,11H,1,4-5,12H2,2H3. The molecule has 70 valence electrons. The summed E-state index contributed by atoms with van der Waals surface area (Å²) in [4.78, 5) is 4.13. The van der Waals surface area contributed by atoms with Crippen LogP contribution in [-0.2, 0) is 0 Å². The molecule has 1 aromatic heterocycles. The van der Waals surface area contributed by atoms with Gasteiger partial charge < -0.3 is 5.73 Å². The molecule has 2 N–H and O–H groups in total. The van der Waals surface area contributed by atoms with Crippen molar-refractivity contribution < 1.29 is 0 Å². The normalized spacial score (nSPS) is 12.5. The largest absolute Gasteiger partial charge is 0.324 e. The smallest absolute Gasteiger partial charge is 0.0375 e. The number of nitrogens with two attached hydrogens (primary N) is 1. The van der Waals surface area contributed by atoms with E-state index in [2.05, 4.69) is 11.6 Å². The van der Waals surface area contributed by atoms with Crippen molar-refractivity contribution in [3.05, 3.63) is 42.2 Å². The van der Waals surface area contributed by atoms with E-state index in [1.54, 1.807) is 6.20 Å². The van der Waals surface area contributed by atoms with Crippen molar-refractivity contribution in [3.8, 4) is 0 Å². The highest BCUT2D eigenvalue weighted by atomic mass is 14.7. The van der Waals surface area contributed by atoms with Gasteiger partial charge in [0.15, 0.2) is 0 Å². The Hall–Kier alpha value is -1.15. The van der Waals surface area contributed by atoms with Gasteiger partial charge in [0.25, 0.3) is 0 Å². The first-order valence-corrected chi connectivity index (χ1v) is 4.53. The van der Waals surface area contributed by atoms with Crippen LogP contribution in [0, 0.1) is 6.92 Å². The van der Waals surface area contributed by atoms with Crippen LogP contribution in [0.2, 0.25) is 0 Å². The van der Waals surface area contributed by atoms with Crippen molar-refractivity contribution in [2.24, 2.45) is 5.73 Å². The van der Waals surface area contributed by atoms with Crippen LogP contribution in [0.1, 0.15) is 30.1 Å². The second-order valence-electron chi connectivity index (χ2n) is 3.20. The van der Waals surface area contributed by atoms with Crippen LogP contribution >= 0.6 is 0 Å². The summed E-state index contributed by atoms with van der Waals surface area (Å²) in [5.41, 5.74) is 8.16. The Kier molecular flexibility index (Phi) is 3.65. The highest BCUT2D eigenvalue weighted by Gasteiger charge is 2.04. The predicted octanol–water partition coefficient (Wildman–Crippen LogP) is 2.36. The SMILES string of the molecule is C=CCCC(N)c1ccnc(C)c1. The fraction of sp³-hybridized carbons (Fsp3) is 0.364. The van der Waals surface area contributed by atoms with Gasteiger partial charge in [0, 0.05) is 17.9 Å². The minimum Gasteiger partial charge on any atom is -0.324 e. The van der Waals surface area contributed by atoms with Crippen LogP contribution in [0.3, 0.4) is 0 Å². The molecule has 1 atom stereocenters. The molecule has 1 aromatic rings. The van der Waals surface area contributed by atoms with Gasteiger partial charge >= 0.3 is 0 Å². The molecule has 0 aliphatic rings. The molecule has 13 heavy (non-hydrogen) atoms. The molecule has 0 aliphatic carbocycles. The van der Waals surface area contributed by atoms with E-state index in [9.17, 15) is 0 Å². The quantitative estimate of drug-likeness (QED) is 0.715. The van der Waals surface area contributed by atoms with Crippen LogP contribution in [0.15, 0.2) is 31.0 Å². The van der Waals surface area contributed by atoms with Gasteiger partial charge in [-0.25, -0.2) is 0 Å². The van der Waals surface area contributed by atoms with E-state index in [4.69, 9.17) is 5.73 Å². The van der Waals surface area contributed by atoms with Crippen LogP contribution in [-0.4, -0.2) is 4.98 Å². The summed E-state index contributed by atoms with van der Waals surface area (Å²) < 4.78 is 0. The molecule has 0 saturated heterocycles. The summed E-state index contributed by atoms with van der Waals surface area (Å²) >= 11 is 0. The number of hydrogen-bond donors (Lipinski definition) is 1. The zero-order valence-corrected chi connectivity index (χ0v) is 8.03. The van der Waals surface area contributed by atoms with Gasteiger partial charge in [-0.2, -0.15) is 0 Å². The summed E-state index contributed by atoms with van der Waals surface area (Å²) in [5.74, 6) is 0. The third-order valence-corrected chi connectivity index (χ3v) is 2.03. The Balaban J connectivity index is 2.65. The van der Waals surface area contributed by atoms with Crippen LogP contribution in [0.25, 0.3) is 0 Å². The summed E-state index contributed by atoms with van der Waals surface area (Å²) in [7, 11) is 0. The molecule has 0 aliphatic heterocycles. The molecule has 0 bridgehead atoms. The van der Waals surface area contributed by atoms with Crippen molar-refractivity contribution in [3.63, 3.8) is 0 Å². The van der Waals surface area contributed by atoms with Gasteiger partial charge in [0.1, 0.15) is 0 Å². The molecular weight excluding hydrogens is 160 g/mol. The Morgan fingerprint density at radius 3 is 3.08 bits per heavy atom. The van der Waals surface area contributed by atoms with Gasteiger partial charge in [0.2, 0.25) is 0 Å². The number of hydrogen-bond acceptors (Lipinski definition) is 2. The molecular formula is C11H16N2. The highest BCUT2D eigenvalue weighted by Crippen LogP contribution is 2.15. The van der Waals surface area contributed by atoms with E-state index in [1.807, 2.05) is 25.1 Å². The van der Waals surface area contributed by atoms with Gasteiger partial charge in [-0.15, -0.1) is 6.58 Å². The average molecular weight is 176 g/mol. The highest BCUT2D eigenvalue weighted by molar-refractivity contribution is 5.18. The molecule has 0 saturated carbocycles. The Morgan fingerprint density at radius 1 is 1.69 bits per heavy atom. The van der Waals surface area contributed by atoms with Crippen LogP contribution in [0.5, 0.6) is 0 Å². The Morgan fingerprint density at radius 2 is 2.46 bits per heavy atom. The van der Waals surface area contributed by atoms with E-state index < -0.39 is 0 Å². The lowest BCUT2D eigenvalue weighted by Gasteiger charge is -2.10. The summed E-state index contributed by atoms with van der Waals surface area (Å²) in [6.07, 6.45) is 5.61. The third kappa shape index (κ3) is 2.99. The van der Waals surface area contributed by atoms with Crippen molar-refractivity contribution in [2.45, 2.75) is 25.8 Å². The molecule has 2 heteroatoms. The Labute approximate surface area is 79.5 Å². The maximum Gasteiger partial charge on any atom is 0.0375 e. The molecule has 2 nitrogen and oxygen atoms in total. The first kappa shape index (κ1) is 9.93.